The number of benzene rings is 1. The Morgan fingerprint density at radius 3 is 2.44 bits per heavy atom. The molecule has 0 atom stereocenters. The van der Waals surface area contributed by atoms with E-state index in [1.807, 2.05) is 30.3 Å². The molecule has 0 saturated heterocycles. The molecule has 2 aromatic rings. The van der Waals surface area contributed by atoms with Crippen LogP contribution in [0.3, 0.4) is 0 Å². The first-order valence-corrected chi connectivity index (χ1v) is 8.78. The Bertz CT molecular complexity index is 861. The van der Waals surface area contributed by atoms with Gasteiger partial charge in [-0.2, -0.15) is 0 Å². The maximum Gasteiger partial charge on any atom is 0.332 e. The Morgan fingerprint density at radius 1 is 1.16 bits per heavy atom. The molecular weight excluding hydrogens is 316 g/mol. The highest BCUT2D eigenvalue weighted by Gasteiger charge is 2.29. The lowest BCUT2D eigenvalue weighted by atomic mass is 9.89. The summed E-state index contributed by atoms with van der Waals surface area (Å²) in [6.07, 6.45) is 4.73. The molecule has 0 spiro atoms. The Balaban J connectivity index is 1.95. The Labute approximate surface area is 147 Å². The number of anilines is 2. The Hall–Kier alpha value is -2.50. The van der Waals surface area contributed by atoms with E-state index in [1.54, 1.807) is 0 Å². The zero-order valence-electron chi connectivity index (χ0n) is 14.9. The number of nitrogens with two attached hydrogens (primary N) is 1. The summed E-state index contributed by atoms with van der Waals surface area (Å²) in [6.45, 7) is 3.26. The number of nitrogens with zero attached hydrogens (tertiary/aromatic N) is 2. The number of rotatable bonds is 5. The summed E-state index contributed by atoms with van der Waals surface area (Å²) in [5, 5.41) is 3.24. The SMILES string of the molecule is Cn1c(=O)c(NCC2(C)CCCC2)c(N)n(Cc2ccccc2)c1=O. The third-order valence-electron chi connectivity index (χ3n) is 5.27. The first-order chi connectivity index (χ1) is 11.9. The van der Waals surface area contributed by atoms with Gasteiger partial charge in [0.05, 0.1) is 6.54 Å². The zero-order valence-corrected chi connectivity index (χ0v) is 14.9. The van der Waals surface area contributed by atoms with Crippen molar-refractivity contribution in [2.24, 2.45) is 12.5 Å². The van der Waals surface area contributed by atoms with E-state index >= 15 is 0 Å². The first-order valence-electron chi connectivity index (χ1n) is 8.78. The van der Waals surface area contributed by atoms with Crippen LogP contribution in [0.1, 0.15) is 38.2 Å². The predicted octanol–water partition coefficient (Wildman–Crippen LogP) is 2.17. The fraction of sp³-hybridized carbons (Fsp3) is 0.474. The summed E-state index contributed by atoms with van der Waals surface area (Å²) in [4.78, 5) is 25.0. The number of hydrogen-bond acceptors (Lipinski definition) is 4. The third-order valence-corrected chi connectivity index (χ3v) is 5.27. The van der Waals surface area contributed by atoms with Crippen LogP contribution in [0.2, 0.25) is 0 Å². The van der Waals surface area contributed by atoms with Crippen LogP contribution in [0.15, 0.2) is 39.9 Å². The standard InChI is InChI=1S/C19H26N4O2/c1-19(10-6-7-11-19)13-21-15-16(20)23(18(25)22(2)17(15)24)12-14-8-4-3-5-9-14/h3-5,8-9,21H,6-7,10-13,20H2,1-2H3. The van der Waals surface area contributed by atoms with Crippen LogP contribution in [0.25, 0.3) is 0 Å². The average molecular weight is 342 g/mol. The van der Waals surface area contributed by atoms with E-state index in [2.05, 4.69) is 12.2 Å². The lowest BCUT2D eigenvalue weighted by molar-refractivity contribution is 0.361. The van der Waals surface area contributed by atoms with Crippen molar-refractivity contribution in [3.8, 4) is 0 Å². The monoisotopic (exact) mass is 342 g/mol. The average Bonchev–Trinajstić information content (AvgIpc) is 3.04. The minimum Gasteiger partial charge on any atom is -0.383 e. The van der Waals surface area contributed by atoms with Crippen LogP contribution < -0.4 is 22.3 Å². The first kappa shape index (κ1) is 17.3. The molecule has 0 radical (unpaired) electrons. The molecule has 1 aromatic heterocycles. The maximum atomic E-state index is 12.5. The van der Waals surface area contributed by atoms with Crippen molar-refractivity contribution in [1.29, 1.82) is 0 Å². The van der Waals surface area contributed by atoms with Gasteiger partial charge >= 0.3 is 5.69 Å². The van der Waals surface area contributed by atoms with Gasteiger partial charge in [-0.1, -0.05) is 50.1 Å². The van der Waals surface area contributed by atoms with Gasteiger partial charge in [-0.05, 0) is 23.8 Å². The van der Waals surface area contributed by atoms with Crippen LogP contribution in [0.4, 0.5) is 11.5 Å². The van der Waals surface area contributed by atoms with Gasteiger partial charge in [0.1, 0.15) is 11.5 Å². The largest absolute Gasteiger partial charge is 0.383 e. The van der Waals surface area contributed by atoms with Crippen molar-refractivity contribution in [3.63, 3.8) is 0 Å². The maximum absolute atomic E-state index is 12.5. The fourth-order valence-corrected chi connectivity index (χ4v) is 3.58. The van der Waals surface area contributed by atoms with Crippen LogP contribution in [-0.4, -0.2) is 15.7 Å². The van der Waals surface area contributed by atoms with Gasteiger partial charge in [-0.3, -0.25) is 13.9 Å². The van der Waals surface area contributed by atoms with E-state index in [-0.39, 0.29) is 16.8 Å². The highest BCUT2D eigenvalue weighted by molar-refractivity contribution is 5.61. The second-order valence-corrected chi connectivity index (χ2v) is 7.35. The molecule has 134 valence electrons. The fourth-order valence-electron chi connectivity index (χ4n) is 3.58. The van der Waals surface area contributed by atoms with Crippen molar-refractivity contribution < 1.29 is 0 Å². The molecule has 6 heteroatoms. The van der Waals surface area contributed by atoms with Gasteiger partial charge in [-0.25, -0.2) is 4.79 Å². The molecule has 0 bridgehead atoms. The molecule has 1 saturated carbocycles. The van der Waals surface area contributed by atoms with Crippen molar-refractivity contribution in [3.05, 3.63) is 56.7 Å². The third kappa shape index (κ3) is 3.48. The quantitative estimate of drug-likeness (QED) is 0.872. The van der Waals surface area contributed by atoms with Gasteiger partial charge in [0.2, 0.25) is 0 Å². The Morgan fingerprint density at radius 2 is 1.80 bits per heavy atom. The molecule has 0 amide bonds. The molecule has 1 fully saturated rings. The predicted molar refractivity (Wildman–Crippen MR) is 101 cm³/mol. The number of nitrogen functional groups attached to an aromatic ring is 1. The molecule has 3 N–H and O–H groups in total. The topological polar surface area (TPSA) is 82.0 Å². The van der Waals surface area contributed by atoms with Crippen LogP contribution in [-0.2, 0) is 13.6 Å². The summed E-state index contributed by atoms with van der Waals surface area (Å²) in [5.74, 6) is 0.207. The summed E-state index contributed by atoms with van der Waals surface area (Å²) in [7, 11) is 1.49. The van der Waals surface area contributed by atoms with Crippen molar-refractivity contribution >= 4 is 11.5 Å². The van der Waals surface area contributed by atoms with E-state index in [1.165, 1.54) is 24.5 Å². The number of hydrogen-bond donors (Lipinski definition) is 2. The van der Waals surface area contributed by atoms with Crippen molar-refractivity contribution in [1.82, 2.24) is 9.13 Å². The molecule has 1 aliphatic rings. The van der Waals surface area contributed by atoms with Crippen molar-refractivity contribution in [2.45, 2.75) is 39.2 Å². The van der Waals surface area contributed by atoms with Gasteiger partial charge in [-0.15, -0.1) is 0 Å². The second-order valence-electron chi connectivity index (χ2n) is 7.35. The molecule has 25 heavy (non-hydrogen) atoms. The second kappa shape index (κ2) is 6.78. The normalized spacial score (nSPS) is 16.1. The van der Waals surface area contributed by atoms with Crippen molar-refractivity contribution in [2.75, 3.05) is 17.6 Å². The van der Waals surface area contributed by atoms with Crippen LogP contribution in [0.5, 0.6) is 0 Å². The molecular formula is C19H26N4O2. The smallest absolute Gasteiger partial charge is 0.332 e. The number of aromatic nitrogens is 2. The summed E-state index contributed by atoms with van der Waals surface area (Å²) in [5.41, 5.74) is 6.92. The van der Waals surface area contributed by atoms with E-state index in [9.17, 15) is 9.59 Å². The van der Waals surface area contributed by atoms with Gasteiger partial charge < -0.3 is 11.1 Å². The lowest BCUT2D eigenvalue weighted by Crippen LogP contribution is -2.41. The molecule has 0 unspecified atom stereocenters. The van der Waals surface area contributed by atoms with Gasteiger partial charge in [0, 0.05) is 13.6 Å². The number of nitrogens with one attached hydrogen (secondary N) is 1. The summed E-state index contributed by atoms with van der Waals surface area (Å²) >= 11 is 0. The Kier molecular flexibility index (Phi) is 4.70. The zero-order chi connectivity index (χ0) is 18.0. The minimum absolute atomic E-state index is 0.178. The lowest BCUT2D eigenvalue weighted by Gasteiger charge is -2.25. The highest BCUT2D eigenvalue weighted by atomic mass is 16.2. The van der Waals surface area contributed by atoms with E-state index in [0.717, 1.165) is 23.0 Å². The van der Waals surface area contributed by atoms with Crippen LogP contribution >= 0.6 is 0 Å². The molecule has 0 aliphatic heterocycles. The molecule has 1 aliphatic carbocycles. The van der Waals surface area contributed by atoms with E-state index in [4.69, 9.17) is 5.73 Å². The van der Waals surface area contributed by atoms with E-state index < -0.39 is 5.69 Å². The molecule has 1 aromatic carbocycles. The molecule has 1 heterocycles. The van der Waals surface area contributed by atoms with Gasteiger partial charge in [0.15, 0.2) is 0 Å². The summed E-state index contributed by atoms with van der Waals surface area (Å²) in [6, 6.07) is 9.62. The van der Waals surface area contributed by atoms with Gasteiger partial charge in [0.25, 0.3) is 5.56 Å². The van der Waals surface area contributed by atoms with E-state index in [0.29, 0.717) is 18.8 Å². The minimum atomic E-state index is -0.399. The molecule has 6 nitrogen and oxygen atoms in total. The summed E-state index contributed by atoms with van der Waals surface area (Å²) < 4.78 is 2.58. The molecule has 3 rings (SSSR count). The highest BCUT2D eigenvalue weighted by Crippen LogP contribution is 2.37. The van der Waals surface area contributed by atoms with Crippen LogP contribution in [0, 0.1) is 5.41 Å².